The van der Waals surface area contributed by atoms with Crippen molar-refractivity contribution in [1.82, 2.24) is 0 Å². The predicted octanol–water partition coefficient (Wildman–Crippen LogP) is 2.74. The maximum absolute atomic E-state index is 12.7. The summed E-state index contributed by atoms with van der Waals surface area (Å²) in [6.07, 6.45) is -4.49. The van der Waals surface area contributed by atoms with Crippen molar-refractivity contribution < 1.29 is 17.9 Å². The number of halogens is 3. The number of hydrogen-bond acceptors (Lipinski definition) is 2. The highest BCUT2D eigenvalue weighted by molar-refractivity contribution is 7.80. The third kappa shape index (κ3) is 2.85. The van der Waals surface area contributed by atoms with Gasteiger partial charge < -0.3 is 10.5 Å². The molecule has 1 aromatic rings. The molecule has 6 heteroatoms. The molecule has 2 nitrogen and oxygen atoms in total. The molecule has 0 amide bonds. The van der Waals surface area contributed by atoms with Gasteiger partial charge in [0.1, 0.15) is 10.7 Å². The number of hydrogen-bond donors (Lipinski definition) is 1. The summed E-state index contributed by atoms with van der Waals surface area (Å²) in [7, 11) is 0. The Bertz CT molecular complexity index is 404. The molecular weight excluding hydrogens is 239 g/mol. The molecule has 0 aliphatic carbocycles. The van der Waals surface area contributed by atoms with E-state index in [1.165, 1.54) is 12.1 Å². The van der Waals surface area contributed by atoms with Gasteiger partial charge >= 0.3 is 6.18 Å². The first-order valence-corrected chi connectivity index (χ1v) is 4.91. The van der Waals surface area contributed by atoms with Crippen LogP contribution in [0.25, 0.3) is 0 Å². The first-order chi connectivity index (χ1) is 7.36. The fraction of sp³-hybridized carbons (Fsp3) is 0.300. The molecule has 0 aliphatic heterocycles. The maximum Gasteiger partial charge on any atom is 0.417 e. The fourth-order valence-corrected chi connectivity index (χ4v) is 1.41. The van der Waals surface area contributed by atoms with E-state index in [9.17, 15) is 13.2 Å². The molecule has 0 unspecified atom stereocenters. The van der Waals surface area contributed by atoms with Crippen LogP contribution in [0.4, 0.5) is 13.2 Å². The molecule has 0 atom stereocenters. The molecule has 88 valence electrons. The van der Waals surface area contributed by atoms with Gasteiger partial charge in [0.25, 0.3) is 0 Å². The largest absolute Gasteiger partial charge is 0.494 e. The molecule has 2 N–H and O–H groups in total. The summed E-state index contributed by atoms with van der Waals surface area (Å²) in [5.41, 5.74) is 4.17. The van der Waals surface area contributed by atoms with Gasteiger partial charge in [-0.25, -0.2) is 0 Å². The van der Waals surface area contributed by atoms with E-state index in [-0.39, 0.29) is 16.3 Å². The molecular formula is C10H10F3NOS. The third-order valence-electron chi connectivity index (χ3n) is 1.87. The van der Waals surface area contributed by atoms with Gasteiger partial charge in [-0.3, -0.25) is 0 Å². The normalized spacial score (nSPS) is 11.2. The van der Waals surface area contributed by atoms with Crippen molar-refractivity contribution in [2.24, 2.45) is 5.73 Å². The number of rotatable bonds is 3. The Balaban J connectivity index is 3.27. The summed E-state index contributed by atoms with van der Waals surface area (Å²) in [5.74, 6) is 0.148. The van der Waals surface area contributed by atoms with E-state index in [0.717, 1.165) is 6.07 Å². The average molecular weight is 249 g/mol. The Morgan fingerprint density at radius 2 is 2.06 bits per heavy atom. The van der Waals surface area contributed by atoms with E-state index < -0.39 is 11.7 Å². The van der Waals surface area contributed by atoms with Crippen LogP contribution in [0, 0.1) is 0 Å². The third-order valence-corrected chi connectivity index (χ3v) is 2.09. The quantitative estimate of drug-likeness (QED) is 0.836. The zero-order chi connectivity index (χ0) is 12.3. The number of ether oxygens (including phenoxy) is 1. The van der Waals surface area contributed by atoms with E-state index in [0.29, 0.717) is 6.61 Å². The Morgan fingerprint density at radius 1 is 1.44 bits per heavy atom. The lowest BCUT2D eigenvalue weighted by molar-refractivity contribution is -0.137. The van der Waals surface area contributed by atoms with Crippen LogP contribution < -0.4 is 10.5 Å². The molecule has 1 rings (SSSR count). The lowest BCUT2D eigenvalue weighted by Crippen LogP contribution is -2.18. The summed E-state index contributed by atoms with van der Waals surface area (Å²) < 4.78 is 43.0. The van der Waals surface area contributed by atoms with Gasteiger partial charge in [0.15, 0.2) is 0 Å². The van der Waals surface area contributed by atoms with E-state index in [2.05, 4.69) is 12.2 Å². The highest BCUT2D eigenvalue weighted by Crippen LogP contribution is 2.34. The number of nitrogens with two attached hydrogens (primary N) is 1. The lowest BCUT2D eigenvalue weighted by Gasteiger charge is -2.13. The first-order valence-electron chi connectivity index (χ1n) is 4.50. The summed E-state index contributed by atoms with van der Waals surface area (Å²) in [5, 5.41) is 0. The zero-order valence-corrected chi connectivity index (χ0v) is 9.28. The van der Waals surface area contributed by atoms with E-state index in [1.54, 1.807) is 6.92 Å². The van der Waals surface area contributed by atoms with Crippen molar-refractivity contribution >= 4 is 17.2 Å². The first kappa shape index (κ1) is 12.8. The number of benzene rings is 1. The summed E-state index contributed by atoms with van der Waals surface area (Å²) >= 11 is 4.56. The summed E-state index contributed by atoms with van der Waals surface area (Å²) in [6.45, 7) is 1.98. The zero-order valence-electron chi connectivity index (χ0n) is 8.47. The van der Waals surface area contributed by atoms with Crippen LogP contribution in [-0.2, 0) is 6.18 Å². The molecule has 0 saturated carbocycles. The van der Waals surface area contributed by atoms with Crippen LogP contribution in [-0.4, -0.2) is 11.6 Å². The lowest BCUT2D eigenvalue weighted by atomic mass is 10.1. The highest BCUT2D eigenvalue weighted by Gasteiger charge is 2.34. The average Bonchev–Trinajstić information content (AvgIpc) is 2.16. The van der Waals surface area contributed by atoms with Crippen LogP contribution in [0.15, 0.2) is 18.2 Å². The second-order valence-electron chi connectivity index (χ2n) is 3.00. The van der Waals surface area contributed by atoms with E-state index in [1.807, 2.05) is 0 Å². The minimum Gasteiger partial charge on any atom is -0.494 e. The van der Waals surface area contributed by atoms with Crippen LogP contribution in [0.2, 0.25) is 0 Å². The minimum atomic E-state index is -4.49. The summed E-state index contributed by atoms with van der Waals surface area (Å²) in [4.78, 5) is -0.282. The maximum atomic E-state index is 12.7. The van der Waals surface area contributed by atoms with Crippen molar-refractivity contribution in [1.29, 1.82) is 0 Å². The van der Waals surface area contributed by atoms with Gasteiger partial charge in [-0.2, -0.15) is 13.2 Å². The van der Waals surface area contributed by atoms with Crippen LogP contribution >= 0.6 is 12.2 Å². The van der Waals surface area contributed by atoms with E-state index >= 15 is 0 Å². The minimum absolute atomic E-state index is 0.148. The predicted molar refractivity (Wildman–Crippen MR) is 58.5 cm³/mol. The standard InChI is InChI=1S/C10H10F3NOS/c1-2-15-6-3-4-7(9(14)16)8(5-6)10(11,12)13/h3-5H,2H2,1H3,(H2,14,16). The van der Waals surface area contributed by atoms with Crippen molar-refractivity contribution in [3.8, 4) is 5.75 Å². The van der Waals surface area contributed by atoms with Gasteiger partial charge in [-0.1, -0.05) is 12.2 Å². The van der Waals surface area contributed by atoms with Gasteiger partial charge in [-0.15, -0.1) is 0 Å². The number of thiocarbonyl (C=S) groups is 1. The molecule has 16 heavy (non-hydrogen) atoms. The van der Waals surface area contributed by atoms with Gasteiger partial charge in [0.05, 0.1) is 12.2 Å². The van der Waals surface area contributed by atoms with Crippen LogP contribution in [0.5, 0.6) is 5.75 Å². The van der Waals surface area contributed by atoms with Gasteiger partial charge in [0.2, 0.25) is 0 Å². The topological polar surface area (TPSA) is 35.2 Å². The molecule has 0 radical (unpaired) electrons. The Kier molecular flexibility index (Phi) is 3.74. The Hall–Kier alpha value is -1.30. The molecule has 0 aromatic heterocycles. The smallest absolute Gasteiger partial charge is 0.417 e. The highest BCUT2D eigenvalue weighted by atomic mass is 32.1. The molecule has 0 bridgehead atoms. The van der Waals surface area contributed by atoms with Crippen LogP contribution in [0.1, 0.15) is 18.1 Å². The van der Waals surface area contributed by atoms with Crippen LogP contribution in [0.3, 0.4) is 0 Å². The Morgan fingerprint density at radius 3 is 2.50 bits per heavy atom. The molecule has 0 spiro atoms. The van der Waals surface area contributed by atoms with E-state index in [4.69, 9.17) is 10.5 Å². The van der Waals surface area contributed by atoms with Crippen molar-refractivity contribution in [3.05, 3.63) is 29.3 Å². The second-order valence-corrected chi connectivity index (χ2v) is 3.44. The van der Waals surface area contributed by atoms with Crippen molar-refractivity contribution in [2.45, 2.75) is 13.1 Å². The SMILES string of the molecule is CCOc1ccc(C(N)=S)c(C(F)(F)F)c1. The fourth-order valence-electron chi connectivity index (χ4n) is 1.23. The van der Waals surface area contributed by atoms with Crippen molar-refractivity contribution in [3.63, 3.8) is 0 Å². The molecule has 0 aliphatic rings. The number of alkyl halides is 3. The van der Waals surface area contributed by atoms with Crippen molar-refractivity contribution in [2.75, 3.05) is 6.61 Å². The molecule has 1 aromatic carbocycles. The molecule has 0 saturated heterocycles. The molecule has 0 heterocycles. The van der Waals surface area contributed by atoms with Gasteiger partial charge in [-0.05, 0) is 25.1 Å². The second kappa shape index (κ2) is 4.69. The van der Waals surface area contributed by atoms with Gasteiger partial charge in [0, 0.05) is 5.56 Å². The molecule has 0 fully saturated rings. The Labute approximate surface area is 96.2 Å². The summed E-state index contributed by atoms with van der Waals surface area (Å²) in [6, 6.07) is 3.53. The monoisotopic (exact) mass is 249 g/mol.